The zero-order valence-corrected chi connectivity index (χ0v) is 28.5. The predicted molar refractivity (Wildman–Crippen MR) is 169 cm³/mol. The Morgan fingerprint density at radius 1 is 0.711 bits per heavy atom. The minimum atomic E-state index is -0.553. The van der Waals surface area contributed by atoms with Crippen molar-refractivity contribution in [2.45, 2.75) is 79.6 Å². The van der Waals surface area contributed by atoms with Crippen molar-refractivity contribution in [3.8, 4) is 0 Å². The van der Waals surface area contributed by atoms with Crippen LogP contribution < -0.4 is 9.97 Å². The van der Waals surface area contributed by atoms with Crippen molar-refractivity contribution in [3.05, 3.63) is 110 Å². The fraction of sp³-hybridized carbons (Fsp3) is 0.364. The minimum Gasteiger partial charge on any atom is -0.665 e. The molecule has 0 radical (unpaired) electrons. The molecule has 0 unspecified atom stereocenters. The Morgan fingerprint density at radius 2 is 1.21 bits per heavy atom. The van der Waals surface area contributed by atoms with Gasteiger partial charge in [0.15, 0.2) is 0 Å². The Kier molecular flexibility index (Phi) is 13.3. The average molecular weight is 704 g/mol. The fourth-order valence-corrected chi connectivity index (χ4v) is 6.24. The second-order valence-corrected chi connectivity index (χ2v) is 13.3. The van der Waals surface area contributed by atoms with Gasteiger partial charge in [-0.3, -0.25) is 0 Å². The van der Waals surface area contributed by atoms with Gasteiger partial charge in [0.25, 0.3) is 0 Å². The molecule has 0 aliphatic carbocycles. The molecule has 0 saturated heterocycles. The topological polar surface area (TPSA) is 40.6 Å². The van der Waals surface area contributed by atoms with Gasteiger partial charge < -0.3 is 9.97 Å². The van der Waals surface area contributed by atoms with Gasteiger partial charge in [0.1, 0.15) is 0 Å². The van der Waals surface area contributed by atoms with Crippen molar-refractivity contribution in [3.63, 3.8) is 0 Å². The molecule has 5 heteroatoms. The third-order valence-corrected chi connectivity index (χ3v) is 9.03. The van der Waals surface area contributed by atoms with Crippen LogP contribution in [0.1, 0.15) is 87.2 Å². The summed E-state index contributed by atoms with van der Waals surface area (Å²) in [4.78, 5) is 8.21. The van der Waals surface area contributed by atoms with Crippen LogP contribution in [0.25, 0.3) is 0 Å². The summed E-state index contributed by atoms with van der Waals surface area (Å²) in [5, 5.41) is 0. The Balaban J connectivity index is 0.000000291. The van der Waals surface area contributed by atoms with Crippen molar-refractivity contribution < 1.29 is 17.9 Å². The van der Waals surface area contributed by atoms with E-state index in [0.29, 0.717) is 11.8 Å². The molecule has 0 bridgehead atoms. The first-order valence-corrected chi connectivity index (χ1v) is 16.3. The number of aryl methyl sites for hydroxylation is 3. The molecule has 0 aliphatic rings. The quantitative estimate of drug-likeness (QED) is 0.154. The molecule has 202 valence electrons. The van der Waals surface area contributed by atoms with Crippen molar-refractivity contribution in [1.82, 2.24) is 9.97 Å². The molecule has 4 rings (SSSR count). The molecular formula is C33H42IMoN3. The van der Waals surface area contributed by atoms with Gasteiger partial charge in [0.05, 0.1) is 0 Å². The zero-order chi connectivity index (χ0) is 28.3. The van der Waals surface area contributed by atoms with Crippen LogP contribution in [-0.4, -0.2) is 4.40 Å². The van der Waals surface area contributed by atoms with Gasteiger partial charge in [-0.1, -0.05) is 71.3 Å². The summed E-state index contributed by atoms with van der Waals surface area (Å²) in [6.07, 6.45) is 0. The van der Waals surface area contributed by atoms with Crippen LogP contribution in [0.15, 0.2) is 76.3 Å². The molecule has 0 amide bonds. The monoisotopic (exact) mass is 705 g/mol. The van der Waals surface area contributed by atoms with Gasteiger partial charge in [-0.2, -0.15) is 17.1 Å². The molecule has 0 saturated carbocycles. The van der Waals surface area contributed by atoms with E-state index in [2.05, 4.69) is 127 Å². The summed E-state index contributed by atoms with van der Waals surface area (Å²) >= 11 is 1.64. The van der Waals surface area contributed by atoms with Crippen LogP contribution in [0, 0.1) is 24.5 Å². The molecule has 0 aliphatic heterocycles. The third kappa shape index (κ3) is 10.7. The SMILES string of the molecule is CC(C)c1cccc(C(C)C)c1[N]=[Mo+2]=[CH]C(C)(C)c1ccccc1.Cc1ccc(C)[n-]1.Cc1ccc(I)[n-]1. The van der Waals surface area contributed by atoms with Gasteiger partial charge in [0, 0.05) is 0 Å². The van der Waals surface area contributed by atoms with E-state index in [1.807, 2.05) is 45.0 Å². The number of hydrogen-bond donors (Lipinski definition) is 0. The van der Waals surface area contributed by atoms with Crippen molar-refractivity contribution in [2.24, 2.45) is 3.50 Å². The van der Waals surface area contributed by atoms with Crippen LogP contribution >= 0.6 is 22.6 Å². The van der Waals surface area contributed by atoms with Crippen LogP contribution in [-0.2, 0) is 23.3 Å². The normalized spacial score (nSPS) is 10.7. The van der Waals surface area contributed by atoms with Gasteiger partial charge in [-0.05, 0) is 0 Å². The Bertz CT molecular complexity index is 1230. The Hall–Kier alpha value is -1.91. The largest absolute Gasteiger partial charge is 0.665 e. The average Bonchev–Trinajstić information content (AvgIpc) is 3.45. The Morgan fingerprint density at radius 3 is 1.58 bits per heavy atom. The summed E-state index contributed by atoms with van der Waals surface area (Å²) in [6, 6.07) is 25.4. The second kappa shape index (κ2) is 15.6. The third-order valence-electron chi connectivity index (χ3n) is 6.02. The van der Waals surface area contributed by atoms with E-state index < -0.39 is 17.9 Å². The van der Waals surface area contributed by atoms with E-state index in [1.165, 1.54) is 22.4 Å². The molecule has 3 nitrogen and oxygen atoms in total. The first kappa shape index (κ1) is 32.3. The summed E-state index contributed by atoms with van der Waals surface area (Å²) in [5.41, 5.74) is 8.79. The number of benzene rings is 2. The molecule has 2 heterocycles. The van der Waals surface area contributed by atoms with E-state index >= 15 is 0 Å². The second-order valence-electron chi connectivity index (χ2n) is 10.6. The molecular weight excluding hydrogens is 661 g/mol. The maximum atomic E-state index is 5.13. The molecule has 4 aromatic rings. The van der Waals surface area contributed by atoms with Crippen molar-refractivity contribution in [2.75, 3.05) is 0 Å². The molecule has 0 N–H and O–H groups in total. The van der Waals surface area contributed by atoms with Gasteiger partial charge in [0.2, 0.25) is 0 Å². The maximum Gasteiger partial charge on any atom is -0.0606 e. The van der Waals surface area contributed by atoms with Gasteiger partial charge >= 0.3 is 156 Å². The van der Waals surface area contributed by atoms with Crippen LogP contribution in [0.4, 0.5) is 5.69 Å². The molecule has 0 atom stereocenters. The predicted octanol–water partition coefficient (Wildman–Crippen LogP) is 9.43. The van der Waals surface area contributed by atoms with E-state index in [4.69, 9.17) is 3.50 Å². The standard InChI is InChI=1S/C12H17N.C10H12.C6H8N.C5H5IN.Mo/c1-8(2)10-6-5-7-11(9(3)4)12(10)13;1-10(2,3)9-7-5-4-6-8-9;1-5-3-4-6(2)7-5;1-4-2-3-5(6)7-4;/h5-9H,1-4H3;1,4-8H,2-3H3;3-4H,1-2H3;2-3H,1H3;/q;;2*-1;+2. The zero-order valence-electron chi connectivity index (χ0n) is 24.3. The van der Waals surface area contributed by atoms with Crippen LogP contribution in [0.5, 0.6) is 0 Å². The van der Waals surface area contributed by atoms with E-state index in [9.17, 15) is 0 Å². The van der Waals surface area contributed by atoms with Crippen molar-refractivity contribution >= 4 is 32.7 Å². The maximum absolute atomic E-state index is 5.13. The summed E-state index contributed by atoms with van der Waals surface area (Å²) in [6.45, 7) is 19.6. The minimum absolute atomic E-state index is 0.0811. The van der Waals surface area contributed by atoms with E-state index in [-0.39, 0.29) is 5.41 Å². The van der Waals surface area contributed by atoms with Crippen LogP contribution in [0.3, 0.4) is 0 Å². The van der Waals surface area contributed by atoms with E-state index in [1.54, 1.807) is 0 Å². The summed E-state index contributed by atoms with van der Waals surface area (Å²) in [5.74, 6) is 1.02. The number of nitrogens with zero attached hydrogens (tertiary/aromatic N) is 3. The van der Waals surface area contributed by atoms with Gasteiger partial charge in [-0.15, -0.1) is 0 Å². The fourth-order valence-electron chi connectivity index (χ4n) is 3.79. The molecule has 2 aromatic carbocycles. The molecule has 0 fully saturated rings. The molecule has 0 spiro atoms. The molecule has 2 aromatic heterocycles. The summed E-state index contributed by atoms with van der Waals surface area (Å²) < 4.78 is 8.67. The van der Waals surface area contributed by atoms with Crippen LogP contribution in [0.2, 0.25) is 0 Å². The summed E-state index contributed by atoms with van der Waals surface area (Å²) in [7, 11) is 0. The first-order valence-electron chi connectivity index (χ1n) is 13.1. The number of aromatic nitrogens is 2. The number of halogens is 1. The number of rotatable bonds is 5. The smallest absolute Gasteiger partial charge is 0.0606 e. The van der Waals surface area contributed by atoms with Crippen molar-refractivity contribution in [1.29, 1.82) is 0 Å². The van der Waals surface area contributed by atoms with Gasteiger partial charge in [-0.25, -0.2) is 0 Å². The first-order chi connectivity index (χ1) is 17.9. The Labute approximate surface area is 252 Å². The molecule has 38 heavy (non-hydrogen) atoms. The number of hydrogen-bond acceptors (Lipinski definition) is 1. The van der Waals surface area contributed by atoms with E-state index in [0.717, 1.165) is 20.8 Å².